The highest BCUT2D eigenvalue weighted by molar-refractivity contribution is 5.95. The average molecular weight is 295 g/mol. The molecule has 1 N–H and O–H groups in total. The van der Waals surface area contributed by atoms with E-state index >= 15 is 0 Å². The third-order valence-electron chi connectivity index (χ3n) is 2.81. The fraction of sp³-hybridized carbons (Fsp3) is 0.357. The Morgan fingerprint density at radius 2 is 1.90 bits per heavy atom. The SMILES string of the molecule is CC(C)C(C#N)C(=O)Nc1ccc(C(F)(F)F)cc1C#N. The van der Waals surface area contributed by atoms with Crippen LogP contribution in [0.1, 0.15) is 25.0 Å². The maximum atomic E-state index is 12.5. The second-order valence-corrected chi connectivity index (χ2v) is 4.71. The molecule has 1 rings (SSSR count). The Kier molecular flexibility index (Phi) is 4.93. The van der Waals surface area contributed by atoms with E-state index in [-0.39, 0.29) is 17.2 Å². The molecule has 1 amide bonds. The van der Waals surface area contributed by atoms with Gasteiger partial charge in [0, 0.05) is 0 Å². The van der Waals surface area contributed by atoms with Crippen molar-refractivity contribution in [1.29, 1.82) is 10.5 Å². The van der Waals surface area contributed by atoms with Crippen LogP contribution in [-0.4, -0.2) is 5.91 Å². The molecule has 1 aromatic rings. The third-order valence-corrected chi connectivity index (χ3v) is 2.81. The predicted molar refractivity (Wildman–Crippen MR) is 68.7 cm³/mol. The topological polar surface area (TPSA) is 76.7 Å². The maximum Gasteiger partial charge on any atom is 0.416 e. The van der Waals surface area contributed by atoms with Crippen molar-refractivity contribution in [2.45, 2.75) is 20.0 Å². The van der Waals surface area contributed by atoms with Gasteiger partial charge in [-0.25, -0.2) is 0 Å². The molecule has 0 heterocycles. The third kappa shape index (κ3) is 3.96. The lowest BCUT2D eigenvalue weighted by Crippen LogP contribution is -2.26. The van der Waals surface area contributed by atoms with Crippen LogP contribution < -0.4 is 5.32 Å². The summed E-state index contributed by atoms with van der Waals surface area (Å²) in [6.07, 6.45) is -4.57. The molecule has 7 heteroatoms. The summed E-state index contributed by atoms with van der Waals surface area (Å²) in [7, 11) is 0. The minimum atomic E-state index is -4.57. The first kappa shape index (κ1) is 16.5. The molecule has 0 fully saturated rings. The first-order valence-electron chi connectivity index (χ1n) is 6.02. The minimum absolute atomic E-state index is 0.0450. The molecule has 0 aromatic heterocycles. The zero-order valence-corrected chi connectivity index (χ0v) is 11.3. The van der Waals surface area contributed by atoms with E-state index in [2.05, 4.69) is 5.32 Å². The van der Waals surface area contributed by atoms with Crippen LogP contribution in [0.5, 0.6) is 0 Å². The molecule has 0 bridgehead atoms. The Morgan fingerprint density at radius 1 is 1.29 bits per heavy atom. The number of nitriles is 2. The normalized spacial score (nSPS) is 12.4. The summed E-state index contributed by atoms with van der Waals surface area (Å²) in [6.45, 7) is 3.34. The molecule has 110 valence electrons. The molecular weight excluding hydrogens is 283 g/mol. The molecule has 1 aromatic carbocycles. The Bertz CT molecular complexity index is 624. The van der Waals surface area contributed by atoms with Crippen molar-refractivity contribution in [3.05, 3.63) is 29.3 Å². The second kappa shape index (κ2) is 6.27. The van der Waals surface area contributed by atoms with Crippen molar-refractivity contribution in [2.75, 3.05) is 5.32 Å². The summed E-state index contributed by atoms with van der Waals surface area (Å²) < 4.78 is 37.6. The Labute approximate surface area is 119 Å². The van der Waals surface area contributed by atoms with Gasteiger partial charge < -0.3 is 5.32 Å². The van der Waals surface area contributed by atoms with Crippen LogP contribution in [0, 0.1) is 34.5 Å². The van der Waals surface area contributed by atoms with E-state index in [0.29, 0.717) is 6.07 Å². The van der Waals surface area contributed by atoms with E-state index in [1.54, 1.807) is 19.9 Å². The lowest BCUT2D eigenvalue weighted by Gasteiger charge is -2.15. The van der Waals surface area contributed by atoms with E-state index in [4.69, 9.17) is 10.5 Å². The highest BCUT2D eigenvalue weighted by Crippen LogP contribution is 2.31. The van der Waals surface area contributed by atoms with Gasteiger partial charge in [0.05, 0.1) is 22.9 Å². The maximum absolute atomic E-state index is 12.5. The fourth-order valence-electron chi connectivity index (χ4n) is 1.64. The molecule has 0 aliphatic carbocycles. The largest absolute Gasteiger partial charge is 0.416 e. The van der Waals surface area contributed by atoms with Crippen molar-refractivity contribution >= 4 is 11.6 Å². The molecule has 0 radical (unpaired) electrons. The minimum Gasteiger partial charge on any atom is -0.324 e. The van der Waals surface area contributed by atoms with Gasteiger partial charge in [0.2, 0.25) is 5.91 Å². The zero-order valence-electron chi connectivity index (χ0n) is 11.3. The standard InChI is InChI=1S/C14H12F3N3O/c1-8(2)11(7-19)13(21)20-12-4-3-10(14(15,16)17)5-9(12)6-18/h3-5,8,11H,1-2H3,(H,20,21). The summed E-state index contributed by atoms with van der Waals surface area (Å²) in [4.78, 5) is 11.9. The summed E-state index contributed by atoms with van der Waals surface area (Å²) in [5.74, 6) is -1.85. The van der Waals surface area contributed by atoms with Gasteiger partial charge in [0.1, 0.15) is 12.0 Å². The second-order valence-electron chi connectivity index (χ2n) is 4.71. The van der Waals surface area contributed by atoms with Gasteiger partial charge in [-0.2, -0.15) is 23.7 Å². The van der Waals surface area contributed by atoms with Crippen molar-refractivity contribution in [2.24, 2.45) is 11.8 Å². The Balaban J connectivity index is 3.09. The molecule has 0 spiro atoms. The Hall–Kier alpha value is -2.54. The molecule has 0 aliphatic heterocycles. The first-order chi connectivity index (χ1) is 9.70. The van der Waals surface area contributed by atoms with E-state index in [1.807, 2.05) is 6.07 Å². The number of halogens is 3. The van der Waals surface area contributed by atoms with Crippen LogP contribution in [0.25, 0.3) is 0 Å². The first-order valence-corrected chi connectivity index (χ1v) is 6.02. The van der Waals surface area contributed by atoms with Crippen molar-refractivity contribution < 1.29 is 18.0 Å². The summed E-state index contributed by atoms with van der Waals surface area (Å²) >= 11 is 0. The number of nitrogens with zero attached hydrogens (tertiary/aromatic N) is 2. The molecule has 1 atom stereocenters. The van der Waals surface area contributed by atoms with Crippen LogP contribution in [0.4, 0.5) is 18.9 Å². The number of nitrogens with one attached hydrogen (secondary N) is 1. The monoisotopic (exact) mass is 295 g/mol. The van der Waals surface area contributed by atoms with Crippen LogP contribution in [0.2, 0.25) is 0 Å². The van der Waals surface area contributed by atoms with E-state index in [1.165, 1.54) is 0 Å². The molecule has 4 nitrogen and oxygen atoms in total. The lowest BCUT2D eigenvalue weighted by molar-refractivity contribution is -0.137. The van der Waals surface area contributed by atoms with E-state index < -0.39 is 23.6 Å². The summed E-state index contributed by atoms with van der Waals surface area (Å²) in [5.41, 5.74) is -1.33. The highest BCUT2D eigenvalue weighted by atomic mass is 19.4. The smallest absolute Gasteiger partial charge is 0.324 e. The molecule has 0 saturated carbocycles. The Morgan fingerprint density at radius 3 is 2.33 bits per heavy atom. The van der Waals surface area contributed by atoms with Crippen LogP contribution in [0.3, 0.4) is 0 Å². The molecule has 0 saturated heterocycles. The van der Waals surface area contributed by atoms with Crippen LogP contribution in [-0.2, 0) is 11.0 Å². The molecule has 1 unspecified atom stereocenters. The highest BCUT2D eigenvalue weighted by Gasteiger charge is 2.31. The van der Waals surface area contributed by atoms with Gasteiger partial charge in [0.25, 0.3) is 0 Å². The molecular formula is C14H12F3N3O. The summed E-state index contributed by atoms with van der Waals surface area (Å²) in [6, 6.07) is 5.86. The number of anilines is 1. The lowest BCUT2D eigenvalue weighted by atomic mass is 9.96. The van der Waals surface area contributed by atoms with Gasteiger partial charge >= 0.3 is 6.18 Å². The van der Waals surface area contributed by atoms with Gasteiger partial charge in [0.15, 0.2) is 0 Å². The number of benzene rings is 1. The molecule has 0 aliphatic rings. The zero-order chi connectivity index (χ0) is 16.2. The fourth-order valence-corrected chi connectivity index (χ4v) is 1.64. The van der Waals surface area contributed by atoms with Crippen molar-refractivity contribution in [3.8, 4) is 12.1 Å². The number of carbonyl (C=O) groups is 1. The molecule has 21 heavy (non-hydrogen) atoms. The van der Waals surface area contributed by atoms with Crippen LogP contribution in [0.15, 0.2) is 18.2 Å². The van der Waals surface area contributed by atoms with E-state index in [0.717, 1.165) is 12.1 Å². The van der Waals surface area contributed by atoms with Crippen molar-refractivity contribution in [1.82, 2.24) is 0 Å². The predicted octanol–water partition coefficient (Wildman–Crippen LogP) is 3.31. The van der Waals surface area contributed by atoms with Crippen molar-refractivity contribution in [3.63, 3.8) is 0 Å². The number of alkyl halides is 3. The average Bonchev–Trinajstić information content (AvgIpc) is 2.38. The number of rotatable bonds is 3. The van der Waals surface area contributed by atoms with Gasteiger partial charge in [-0.15, -0.1) is 0 Å². The van der Waals surface area contributed by atoms with E-state index in [9.17, 15) is 18.0 Å². The number of carbonyl (C=O) groups excluding carboxylic acids is 1. The number of hydrogen-bond acceptors (Lipinski definition) is 3. The quantitative estimate of drug-likeness (QED) is 0.929. The van der Waals surface area contributed by atoms with Gasteiger partial charge in [-0.05, 0) is 24.1 Å². The van der Waals surface area contributed by atoms with Gasteiger partial charge in [-0.3, -0.25) is 4.79 Å². The van der Waals surface area contributed by atoms with Crippen LogP contribution >= 0.6 is 0 Å². The number of hydrogen-bond donors (Lipinski definition) is 1. The van der Waals surface area contributed by atoms with Gasteiger partial charge in [-0.1, -0.05) is 13.8 Å². The summed E-state index contributed by atoms with van der Waals surface area (Å²) in [5, 5.41) is 20.1. The number of amides is 1.